The predicted molar refractivity (Wildman–Crippen MR) is 90.5 cm³/mol. The van der Waals surface area contributed by atoms with Crippen LogP contribution < -0.4 is 10.6 Å². The lowest BCUT2D eigenvalue weighted by atomic mass is 9.55. The minimum atomic E-state index is -0.0903. The van der Waals surface area contributed by atoms with Gasteiger partial charge in [-0.15, -0.1) is 0 Å². The van der Waals surface area contributed by atoms with Crippen molar-refractivity contribution < 1.29 is 9.53 Å². The maximum Gasteiger partial charge on any atom is 0.315 e. The highest BCUT2D eigenvalue weighted by Gasteiger charge is 2.56. The third-order valence-corrected chi connectivity index (χ3v) is 5.55. The highest BCUT2D eigenvalue weighted by atomic mass is 16.5. The van der Waals surface area contributed by atoms with E-state index >= 15 is 0 Å². The van der Waals surface area contributed by atoms with Gasteiger partial charge in [-0.1, -0.05) is 19.3 Å². The molecular formula is C17H29N5O2. The van der Waals surface area contributed by atoms with Crippen LogP contribution in [0.4, 0.5) is 4.79 Å². The second-order valence-corrected chi connectivity index (χ2v) is 7.16. The molecule has 2 N–H and O–H groups in total. The van der Waals surface area contributed by atoms with Gasteiger partial charge in [-0.2, -0.15) is 5.10 Å². The van der Waals surface area contributed by atoms with Gasteiger partial charge in [0.05, 0.1) is 12.6 Å². The number of aromatic nitrogens is 3. The van der Waals surface area contributed by atoms with Crippen molar-refractivity contribution in [3.05, 3.63) is 12.7 Å². The van der Waals surface area contributed by atoms with Crippen LogP contribution in [0.2, 0.25) is 0 Å². The van der Waals surface area contributed by atoms with E-state index in [-0.39, 0.29) is 23.5 Å². The number of urea groups is 1. The second kappa shape index (κ2) is 7.51. The van der Waals surface area contributed by atoms with Crippen LogP contribution in [-0.4, -0.2) is 45.6 Å². The average Bonchev–Trinajstić information content (AvgIpc) is 3.07. The fourth-order valence-electron chi connectivity index (χ4n) is 4.34. The van der Waals surface area contributed by atoms with Crippen molar-refractivity contribution in [2.24, 2.45) is 5.41 Å². The number of hydrogen-bond donors (Lipinski definition) is 2. The van der Waals surface area contributed by atoms with Crippen LogP contribution >= 0.6 is 0 Å². The average molecular weight is 335 g/mol. The number of amides is 2. The summed E-state index contributed by atoms with van der Waals surface area (Å²) in [5.74, 6) is 0. The molecule has 7 heteroatoms. The van der Waals surface area contributed by atoms with Gasteiger partial charge in [0.1, 0.15) is 12.7 Å². The number of carbonyl (C=O) groups excluding carboxylic acids is 1. The number of hydrogen-bond acceptors (Lipinski definition) is 4. The summed E-state index contributed by atoms with van der Waals surface area (Å²) in [6.07, 6.45) is 10.5. The van der Waals surface area contributed by atoms with Crippen molar-refractivity contribution in [3.63, 3.8) is 0 Å². The molecule has 2 aliphatic rings. The van der Waals surface area contributed by atoms with E-state index in [0.29, 0.717) is 12.6 Å². The smallest absolute Gasteiger partial charge is 0.315 e. The largest absolute Gasteiger partial charge is 0.378 e. The lowest BCUT2D eigenvalue weighted by molar-refractivity contribution is -0.146. The quantitative estimate of drug-likeness (QED) is 0.834. The summed E-state index contributed by atoms with van der Waals surface area (Å²) >= 11 is 0. The first-order valence-corrected chi connectivity index (χ1v) is 9.15. The Morgan fingerprint density at radius 3 is 2.88 bits per heavy atom. The van der Waals surface area contributed by atoms with Crippen molar-refractivity contribution in [3.8, 4) is 0 Å². The first kappa shape index (κ1) is 17.2. The van der Waals surface area contributed by atoms with Crippen LogP contribution in [-0.2, 0) is 11.3 Å². The molecule has 0 bridgehead atoms. The van der Waals surface area contributed by atoms with Crippen LogP contribution in [0.5, 0.6) is 0 Å². The zero-order valence-corrected chi connectivity index (χ0v) is 14.7. The SMILES string of the molecule is CCO[C@@H]1C[C@@H](NC(=O)N[C@H](C)Cn2cncn2)C12CCCCC2. The Morgan fingerprint density at radius 2 is 2.21 bits per heavy atom. The molecule has 3 atom stereocenters. The maximum absolute atomic E-state index is 12.4. The van der Waals surface area contributed by atoms with Crippen LogP contribution in [0.1, 0.15) is 52.4 Å². The maximum atomic E-state index is 12.4. The standard InChI is InChI=1S/C17H29N5O2/c1-3-24-15-9-14(17(15)7-5-4-6-8-17)21-16(23)20-13(2)10-22-12-18-11-19-22/h11-15H,3-10H2,1-2H3,(H2,20,21,23)/t13-,14-,15-/m1/s1. The van der Waals surface area contributed by atoms with Gasteiger partial charge in [-0.3, -0.25) is 4.68 Å². The Hall–Kier alpha value is -1.63. The number of nitrogens with zero attached hydrogens (tertiary/aromatic N) is 3. The fraction of sp³-hybridized carbons (Fsp3) is 0.824. The Labute approximate surface area is 143 Å². The zero-order valence-electron chi connectivity index (χ0n) is 14.7. The molecule has 2 amide bonds. The van der Waals surface area contributed by atoms with Gasteiger partial charge in [0.15, 0.2) is 0 Å². The zero-order chi connectivity index (χ0) is 17.0. The van der Waals surface area contributed by atoms with Crippen molar-refractivity contribution in [1.29, 1.82) is 0 Å². The minimum Gasteiger partial charge on any atom is -0.378 e. The van der Waals surface area contributed by atoms with Crippen LogP contribution in [0.25, 0.3) is 0 Å². The van der Waals surface area contributed by atoms with E-state index in [1.165, 1.54) is 25.6 Å². The number of nitrogens with one attached hydrogen (secondary N) is 2. The number of rotatable bonds is 6. The Bertz CT molecular complexity index is 527. The van der Waals surface area contributed by atoms with Crippen molar-refractivity contribution in [2.45, 2.75) is 77.1 Å². The molecule has 24 heavy (non-hydrogen) atoms. The van der Waals surface area contributed by atoms with Gasteiger partial charge in [0.2, 0.25) is 0 Å². The van der Waals surface area contributed by atoms with Crippen LogP contribution in [0.15, 0.2) is 12.7 Å². The van der Waals surface area contributed by atoms with E-state index in [1.807, 2.05) is 6.92 Å². The highest BCUT2D eigenvalue weighted by Crippen LogP contribution is 2.53. The molecule has 7 nitrogen and oxygen atoms in total. The molecule has 2 aliphatic carbocycles. The lowest BCUT2D eigenvalue weighted by Gasteiger charge is -2.57. The first-order valence-electron chi connectivity index (χ1n) is 9.15. The molecule has 3 rings (SSSR count). The van der Waals surface area contributed by atoms with E-state index in [0.717, 1.165) is 25.9 Å². The Kier molecular flexibility index (Phi) is 5.38. The van der Waals surface area contributed by atoms with Crippen LogP contribution in [0.3, 0.4) is 0 Å². The van der Waals surface area contributed by atoms with Gasteiger partial charge in [0.25, 0.3) is 0 Å². The van der Waals surface area contributed by atoms with E-state index in [2.05, 4.69) is 27.6 Å². The number of ether oxygens (including phenoxy) is 1. The summed E-state index contributed by atoms with van der Waals surface area (Å²) in [7, 11) is 0. The number of carbonyl (C=O) groups is 1. The van der Waals surface area contributed by atoms with Crippen LogP contribution in [0, 0.1) is 5.41 Å². The molecule has 2 saturated carbocycles. The molecule has 0 saturated heterocycles. The second-order valence-electron chi connectivity index (χ2n) is 7.16. The summed E-state index contributed by atoms with van der Waals surface area (Å²) < 4.78 is 7.67. The van der Waals surface area contributed by atoms with Crippen molar-refractivity contribution >= 4 is 6.03 Å². The van der Waals surface area contributed by atoms with Crippen molar-refractivity contribution in [2.75, 3.05) is 6.61 Å². The van der Waals surface area contributed by atoms with E-state index < -0.39 is 0 Å². The summed E-state index contributed by atoms with van der Waals surface area (Å²) in [6.45, 7) is 5.39. The Balaban J connectivity index is 1.51. The van der Waals surface area contributed by atoms with Gasteiger partial charge in [0, 0.05) is 24.1 Å². The monoisotopic (exact) mass is 335 g/mol. The molecule has 1 aromatic rings. The normalized spacial score (nSPS) is 26.6. The van der Waals surface area contributed by atoms with E-state index in [1.54, 1.807) is 11.0 Å². The highest BCUT2D eigenvalue weighted by molar-refractivity contribution is 5.74. The lowest BCUT2D eigenvalue weighted by Crippen LogP contribution is -2.66. The van der Waals surface area contributed by atoms with E-state index in [9.17, 15) is 4.79 Å². The predicted octanol–water partition coefficient (Wildman–Crippen LogP) is 2.09. The molecular weight excluding hydrogens is 306 g/mol. The third kappa shape index (κ3) is 3.55. The molecule has 1 spiro atoms. The van der Waals surface area contributed by atoms with Gasteiger partial charge in [-0.05, 0) is 33.1 Å². The summed E-state index contributed by atoms with van der Waals surface area (Å²) in [4.78, 5) is 16.3. The molecule has 0 aromatic carbocycles. The molecule has 2 fully saturated rings. The summed E-state index contributed by atoms with van der Waals surface area (Å²) in [5.41, 5.74) is 0.154. The van der Waals surface area contributed by atoms with E-state index in [4.69, 9.17) is 4.74 Å². The Morgan fingerprint density at radius 1 is 1.42 bits per heavy atom. The minimum absolute atomic E-state index is 0.00299. The summed E-state index contributed by atoms with van der Waals surface area (Å²) in [6, 6.07) is 0.136. The summed E-state index contributed by atoms with van der Waals surface area (Å²) in [5, 5.41) is 10.3. The molecule has 0 radical (unpaired) electrons. The topological polar surface area (TPSA) is 81.1 Å². The van der Waals surface area contributed by atoms with Gasteiger partial charge < -0.3 is 15.4 Å². The molecule has 134 valence electrons. The molecule has 0 aliphatic heterocycles. The van der Waals surface area contributed by atoms with Gasteiger partial charge in [-0.25, -0.2) is 9.78 Å². The third-order valence-electron chi connectivity index (χ3n) is 5.55. The molecule has 1 heterocycles. The molecule has 0 unspecified atom stereocenters. The van der Waals surface area contributed by atoms with Gasteiger partial charge >= 0.3 is 6.03 Å². The fourth-order valence-corrected chi connectivity index (χ4v) is 4.34. The van der Waals surface area contributed by atoms with Crippen molar-refractivity contribution in [1.82, 2.24) is 25.4 Å². The molecule has 1 aromatic heterocycles. The first-order chi connectivity index (χ1) is 11.6.